The second kappa shape index (κ2) is 9.87. The molecule has 1 N–H and O–H groups in total. The van der Waals surface area contributed by atoms with Crippen molar-refractivity contribution in [3.8, 4) is 0 Å². The Kier molecular flexibility index (Phi) is 8.50. The van der Waals surface area contributed by atoms with Gasteiger partial charge in [0, 0.05) is 37.4 Å². The van der Waals surface area contributed by atoms with Crippen LogP contribution in [0.3, 0.4) is 0 Å². The van der Waals surface area contributed by atoms with E-state index in [-0.39, 0.29) is 11.9 Å². The Morgan fingerprint density at radius 2 is 2.00 bits per heavy atom. The van der Waals surface area contributed by atoms with Gasteiger partial charge in [0.15, 0.2) is 0 Å². The zero-order valence-corrected chi connectivity index (χ0v) is 13.7. The summed E-state index contributed by atoms with van der Waals surface area (Å²) in [6.07, 6.45) is 1.02. The van der Waals surface area contributed by atoms with E-state index in [9.17, 15) is 4.39 Å². The number of nitrogens with one attached hydrogen (secondary N) is 1. The van der Waals surface area contributed by atoms with Crippen LogP contribution in [0.15, 0.2) is 24.3 Å². The molecule has 21 heavy (non-hydrogen) atoms. The van der Waals surface area contributed by atoms with Gasteiger partial charge in [0.05, 0.1) is 0 Å². The van der Waals surface area contributed by atoms with Crippen LogP contribution in [0.4, 0.5) is 4.39 Å². The van der Waals surface area contributed by atoms with Crippen molar-refractivity contribution < 1.29 is 9.13 Å². The second-order valence-electron chi connectivity index (χ2n) is 5.47. The molecule has 2 unspecified atom stereocenters. The Hall–Kier alpha value is -0.970. The van der Waals surface area contributed by atoms with Crippen LogP contribution in [0.1, 0.15) is 38.8 Å². The third-order valence-corrected chi connectivity index (χ3v) is 3.95. The summed E-state index contributed by atoms with van der Waals surface area (Å²) < 4.78 is 19.1. The van der Waals surface area contributed by atoms with Crippen LogP contribution in [-0.4, -0.2) is 44.3 Å². The maximum atomic E-state index is 13.8. The average molecular weight is 296 g/mol. The van der Waals surface area contributed by atoms with Gasteiger partial charge in [-0.3, -0.25) is 4.90 Å². The summed E-state index contributed by atoms with van der Waals surface area (Å²) in [5.41, 5.74) is 0.753. The number of rotatable bonds is 10. The molecule has 0 aliphatic heterocycles. The molecular weight excluding hydrogens is 267 g/mol. The standard InChI is InChI=1S/C17H29FN2O/c1-5-21-12-8-11-19-13-14(2)20(4)15(3)16-9-6-7-10-17(16)18/h6-7,9-10,14-15,19H,5,8,11-13H2,1-4H3. The van der Waals surface area contributed by atoms with Gasteiger partial charge in [-0.2, -0.15) is 0 Å². The fourth-order valence-electron chi connectivity index (χ4n) is 2.31. The van der Waals surface area contributed by atoms with Gasteiger partial charge in [-0.25, -0.2) is 4.39 Å². The summed E-state index contributed by atoms with van der Waals surface area (Å²) in [4.78, 5) is 2.20. The number of halogens is 1. The van der Waals surface area contributed by atoms with Crippen molar-refractivity contribution in [1.29, 1.82) is 0 Å². The first-order valence-electron chi connectivity index (χ1n) is 7.82. The van der Waals surface area contributed by atoms with Gasteiger partial charge < -0.3 is 10.1 Å². The number of nitrogens with zero attached hydrogens (tertiary/aromatic N) is 1. The fraction of sp³-hybridized carbons (Fsp3) is 0.647. The fourth-order valence-corrected chi connectivity index (χ4v) is 2.31. The highest BCUT2D eigenvalue weighted by molar-refractivity contribution is 5.20. The smallest absolute Gasteiger partial charge is 0.127 e. The van der Waals surface area contributed by atoms with E-state index < -0.39 is 0 Å². The topological polar surface area (TPSA) is 24.5 Å². The van der Waals surface area contributed by atoms with Crippen molar-refractivity contribution in [1.82, 2.24) is 10.2 Å². The Morgan fingerprint density at radius 3 is 2.67 bits per heavy atom. The molecule has 0 aliphatic carbocycles. The summed E-state index contributed by atoms with van der Waals surface area (Å²) >= 11 is 0. The van der Waals surface area contributed by atoms with Crippen LogP contribution in [-0.2, 0) is 4.74 Å². The third-order valence-electron chi connectivity index (χ3n) is 3.95. The largest absolute Gasteiger partial charge is 0.382 e. The molecule has 4 heteroatoms. The predicted molar refractivity (Wildman–Crippen MR) is 86.0 cm³/mol. The van der Waals surface area contributed by atoms with E-state index in [4.69, 9.17) is 4.74 Å². The van der Waals surface area contributed by atoms with E-state index in [2.05, 4.69) is 17.1 Å². The Morgan fingerprint density at radius 1 is 1.29 bits per heavy atom. The minimum Gasteiger partial charge on any atom is -0.382 e. The highest BCUT2D eigenvalue weighted by Gasteiger charge is 2.19. The summed E-state index contributed by atoms with van der Waals surface area (Å²) in [6, 6.07) is 7.40. The first-order valence-corrected chi connectivity index (χ1v) is 7.82. The third kappa shape index (κ3) is 6.12. The van der Waals surface area contributed by atoms with Crippen molar-refractivity contribution in [2.24, 2.45) is 0 Å². The predicted octanol–water partition coefficient (Wildman–Crippen LogP) is 3.22. The van der Waals surface area contributed by atoms with Gasteiger partial charge in [-0.1, -0.05) is 18.2 Å². The number of benzene rings is 1. The summed E-state index contributed by atoms with van der Waals surface area (Å²) in [5.74, 6) is -0.131. The molecule has 0 saturated heterocycles. The summed E-state index contributed by atoms with van der Waals surface area (Å²) in [5, 5.41) is 3.43. The van der Waals surface area contributed by atoms with Crippen molar-refractivity contribution in [2.75, 3.05) is 33.4 Å². The molecule has 0 spiro atoms. The van der Waals surface area contributed by atoms with Crippen molar-refractivity contribution >= 4 is 0 Å². The lowest BCUT2D eigenvalue weighted by Gasteiger charge is -2.31. The molecule has 1 aromatic rings. The molecular formula is C17H29FN2O. The number of hydrogen-bond donors (Lipinski definition) is 1. The second-order valence-corrected chi connectivity index (χ2v) is 5.47. The maximum Gasteiger partial charge on any atom is 0.127 e. The first kappa shape index (κ1) is 18.1. The molecule has 3 nitrogen and oxygen atoms in total. The van der Waals surface area contributed by atoms with E-state index in [1.165, 1.54) is 6.07 Å². The Labute approximate surface area is 128 Å². The van der Waals surface area contributed by atoms with Crippen LogP contribution in [0, 0.1) is 5.82 Å². The minimum atomic E-state index is -0.131. The normalized spacial score (nSPS) is 14.4. The monoisotopic (exact) mass is 296 g/mol. The van der Waals surface area contributed by atoms with Crippen molar-refractivity contribution in [2.45, 2.75) is 39.3 Å². The molecule has 1 rings (SSSR count). The lowest BCUT2D eigenvalue weighted by Crippen LogP contribution is -2.39. The quantitative estimate of drug-likeness (QED) is 0.671. The van der Waals surface area contributed by atoms with Crippen LogP contribution in [0.5, 0.6) is 0 Å². The van der Waals surface area contributed by atoms with Gasteiger partial charge in [0.25, 0.3) is 0 Å². The molecule has 0 aromatic heterocycles. The van der Waals surface area contributed by atoms with E-state index in [1.807, 2.05) is 33.0 Å². The number of likely N-dealkylation sites (N-methyl/N-ethyl adjacent to an activating group) is 1. The van der Waals surface area contributed by atoms with Crippen LogP contribution >= 0.6 is 0 Å². The zero-order chi connectivity index (χ0) is 15.7. The molecule has 0 heterocycles. The van der Waals surface area contributed by atoms with Gasteiger partial charge in [0.1, 0.15) is 5.82 Å². The molecule has 0 radical (unpaired) electrons. The first-order chi connectivity index (χ1) is 10.1. The lowest BCUT2D eigenvalue weighted by atomic mass is 10.1. The number of ether oxygens (including phenoxy) is 1. The minimum absolute atomic E-state index is 0.0615. The van der Waals surface area contributed by atoms with E-state index in [0.717, 1.165) is 38.3 Å². The highest BCUT2D eigenvalue weighted by Crippen LogP contribution is 2.22. The van der Waals surface area contributed by atoms with Crippen LogP contribution < -0.4 is 5.32 Å². The Bertz CT molecular complexity index is 400. The van der Waals surface area contributed by atoms with E-state index >= 15 is 0 Å². The maximum absolute atomic E-state index is 13.8. The van der Waals surface area contributed by atoms with Crippen molar-refractivity contribution in [3.63, 3.8) is 0 Å². The van der Waals surface area contributed by atoms with Gasteiger partial charge in [0.2, 0.25) is 0 Å². The molecule has 0 aliphatic rings. The van der Waals surface area contributed by atoms with Gasteiger partial charge in [-0.15, -0.1) is 0 Å². The van der Waals surface area contributed by atoms with Gasteiger partial charge in [-0.05, 0) is 46.9 Å². The van der Waals surface area contributed by atoms with E-state index in [0.29, 0.717) is 6.04 Å². The zero-order valence-electron chi connectivity index (χ0n) is 13.7. The van der Waals surface area contributed by atoms with Gasteiger partial charge >= 0.3 is 0 Å². The summed E-state index contributed by atoms with van der Waals surface area (Å²) in [6.45, 7) is 9.64. The SMILES string of the molecule is CCOCCCNCC(C)N(C)C(C)c1ccccc1F. The summed E-state index contributed by atoms with van der Waals surface area (Å²) in [7, 11) is 2.05. The molecule has 0 amide bonds. The molecule has 0 fully saturated rings. The Balaban J connectivity index is 2.36. The van der Waals surface area contributed by atoms with E-state index in [1.54, 1.807) is 6.07 Å². The highest BCUT2D eigenvalue weighted by atomic mass is 19.1. The molecule has 2 atom stereocenters. The van der Waals surface area contributed by atoms with Crippen LogP contribution in [0.25, 0.3) is 0 Å². The average Bonchev–Trinajstić information content (AvgIpc) is 2.49. The molecule has 0 bridgehead atoms. The molecule has 1 aromatic carbocycles. The lowest BCUT2D eigenvalue weighted by molar-refractivity contribution is 0.143. The molecule has 120 valence electrons. The van der Waals surface area contributed by atoms with Crippen molar-refractivity contribution in [3.05, 3.63) is 35.6 Å². The number of hydrogen-bond acceptors (Lipinski definition) is 3. The molecule has 0 saturated carbocycles. The van der Waals surface area contributed by atoms with Crippen LogP contribution in [0.2, 0.25) is 0 Å².